The topological polar surface area (TPSA) is 78.8 Å². The van der Waals surface area contributed by atoms with Gasteiger partial charge in [-0.1, -0.05) is 30.3 Å². The first-order valence-electron chi connectivity index (χ1n) is 10.5. The van der Waals surface area contributed by atoms with Gasteiger partial charge >= 0.3 is 0 Å². The SMILES string of the molecule is O=C(Cc1ccc2c(c1)N=C(c1ccc(NC(=O)c3cccs3)cc1)C2)c1ccc(O)cc1. The zero-order valence-corrected chi connectivity index (χ0v) is 18.4. The van der Waals surface area contributed by atoms with Crippen molar-refractivity contribution in [1.29, 1.82) is 0 Å². The van der Waals surface area contributed by atoms with E-state index in [1.165, 1.54) is 23.5 Å². The molecule has 0 saturated heterocycles. The Kier molecular flexibility index (Phi) is 5.59. The van der Waals surface area contributed by atoms with Gasteiger partial charge in [0.2, 0.25) is 0 Å². The maximum atomic E-state index is 12.5. The van der Waals surface area contributed by atoms with Crippen LogP contribution in [0.3, 0.4) is 0 Å². The van der Waals surface area contributed by atoms with Gasteiger partial charge in [0.15, 0.2) is 5.78 Å². The van der Waals surface area contributed by atoms with Gasteiger partial charge in [-0.25, -0.2) is 0 Å². The van der Waals surface area contributed by atoms with E-state index in [2.05, 4.69) is 5.32 Å². The van der Waals surface area contributed by atoms with Gasteiger partial charge in [-0.15, -0.1) is 11.3 Å². The Hall–Kier alpha value is -4.03. The molecule has 0 bridgehead atoms. The van der Waals surface area contributed by atoms with Crippen molar-refractivity contribution in [3.63, 3.8) is 0 Å². The fourth-order valence-electron chi connectivity index (χ4n) is 3.79. The summed E-state index contributed by atoms with van der Waals surface area (Å²) in [4.78, 5) is 30.2. The number of amides is 1. The Morgan fingerprint density at radius 2 is 1.76 bits per heavy atom. The summed E-state index contributed by atoms with van der Waals surface area (Å²) in [7, 11) is 0. The fraction of sp³-hybridized carbons (Fsp3) is 0.0741. The van der Waals surface area contributed by atoms with Crippen LogP contribution in [0.1, 0.15) is 36.7 Å². The molecule has 0 saturated carbocycles. The molecule has 3 aromatic carbocycles. The summed E-state index contributed by atoms with van der Waals surface area (Å²) in [5.41, 5.74) is 6.19. The van der Waals surface area contributed by atoms with Crippen molar-refractivity contribution in [2.45, 2.75) is 12.8 Å². The van der Waals surface area contributed by atoms with Gasteiger partial charge in [0.25, 0.3) is 5.91 Å². The lowest BCUT2D eigenvalue weighted by Gasteiger charge is -2.05. The number of thiophene rings is 1. The number of rotatable bonds is 6. The van der Waals surface area contributed by atoms with Gasteiger partial charge in [0.1, 0.15) is 5.75 Å². The molecule has 0 radical (unpaired) electrons. The molecule has 0 aliphatic carbocycles. The molecule has 2 N–H and O–H groups in total. The molecule has 6 heteroatoms. The summed E-state index contributed by atoms with van der Waals surface area (Å²) >= 11 is 1.41. The number of aliphatic imine (C=N–C) groups is 1. The second kappa shape index (κ2) is 8.84. The van der Waals surface area contributed by atoms with Crippen molar-refractivity contribution >= 4 is 40.1 Å². The monoisotopic (exact) mass is 452 g/mol. The van der Waals surface area contributed by atoms with Crippen LogP contribution in [0.15, 0.2) is 89.2 Å². The molecule has 0 fully saturated rings. The first-order chi connectivity index (χ1) is 16.0. The minimum absolute atomic E-state index is 0.00247. The highest BCUT2D eigenvalue weighted by Gasteiger charge is 2.18. The summed E-state index contributed by atoms with van der Waals surface area (Å²) < 4.78 is 0. The summed E-state index contributed by atoms with van der Waals surface area (Å²) in [5.74, 6) is 0.0268. The molecule has 5 rings (SSSR count). The van der Waals surface area contributed by atoms with Crippen molar-refractivity contribution in [3.8, 4) is 5.75 Å². The number of nitrogens with one attached hydrogen (secondary N) is 1. The second-order valence-electron chi connectivity index (χ2n) is 7.85. The number of Topliss-reactive ketones (excluding diaryl/α,β-unsaturated/α-hetero) is 1. The number of hydrogen-bond acceptors (Lipinski definition) is 5. The number of nitrogens with zero attached hydrogens (tertiary/aromatic N) is 1. The average Bonchev–Trinajstić information content (AvgIpc) is 3.50. The van der Waals surface area contributed by atoms with E-state index in [1.807, 2.05) is 53.9 Å². The lowest BCUT2D eigenvalue weighted by Crippen LogP contribution is -2.10. The molecule has 4 aromatic rings. The van der Waals surface area contributed by atoms with Crippen molar-refractivity contribution in [2.75, 3.05) is 5.32 Å². The number of phenolic OH excluding ortho intramolecular Hbond substituents is 1. The molecular weight excluding hydrogens is 432 g/mol. The number of phenols is 1. The van der Waals surface area contributed by atoms with E-state index in [0.29, 0.717) is 10.4 Å². The molecule has 0 spiro atoms. The zero-order valence-electron chi connectivity index (χ0n) is 17.6. The largest absolute Gasteiger partial charge is 0.508 e. The first kappa shape index (κ1) is 20.8. The Morgan fingerprint density at radius 1 is 0.970 bits per heavy atom. The van der Waals surface area contributed by atoms with Gasteiger partial charge in [0.05, 0.1) is 16.3 Å². The molecule has 1 aliphatic heterocycles. The first-order valence-corrected chi connectivity index (χ1v) is 11.4. The molecular formula is C27H20N2O3S. The number of ketones is 1. The van der Waals surface area contributed by atoms with Crippen molar-refractivity contribution in [3.05, 3.63) is 111 Å². The Balaban J connectivity index is 1.28. The number of anilines is 1. The van der Waals surface area contributed by atoms with Crippen molar-refractivity contribution < 1.29 is 14.7 Å². The molecule has 1 amide bonds. The summed E-state index contributed by atoms with van der Waals surface area (Å²) in [6, 6.07) is 23.6. The highest BCUT2D eigenvalue weighted by Crippen LogP contribution is 2.31. The number of carbonyl (C=O) groups excluding carboxylic acids is 2. The van der Waals surface area contributed by atoms with Gasteiger partial charge in [0, 0.05) is 24.1 Å². The van der Waals surface area contributed by atoms with E-state index >= 15 is 0 Å². The molecule has 33 heavy (non-hydrogen) atoms. The van der Waals surface area contributed by atoms with Crippen LogP contribution in [0, 0.1) is 0 Å². The number of carbonyl (C=O) groups is 2. The predicted octanol–water partition coefficient (Wildman–Crippen LogP) is 5.81. The molecule has 1 aliphatic rings. The van der Waals surface area contributed by atoms with Crippen LogP contribution < -0.4 is 5.32 Å². The maximum absolute atomic E-state index is 12.5. The minimum Gasteiger partial charge on any atom is -0.508 e. The van der Waals surface area contributed by atoms with Crippen LogP contribution in [-0.2, 0) is 12.8 Å². The van der Waals surface area contributed by atoms with Gasteiger partial charge in [-0.2, -0.15) is 0 Å². The van der Waals surface area contributed by atoms with E-state index in [-0.39, 0.29) is 23.9 Å². The summed E-state index contributed by atoms with van der Waals surface area (Å²) in [5, 5.41) is 14.2. The highest BCUT2D eigenvalue weighted by atomic mass is 32.1. The third kappa shape index (κ3) is 4.61. The smallest absolute Gasteiger partial charge is 0.265 e. The maximum Gasteiger partial charge on any atom is 0.265 e. The quantitative estimate of drug-likeness (QED) is 0.363. The van der Waals surface area contributed by atoms with Crippen LogP contribution in [0.25, 0.3) is 0 Å². The van der Waals surface area contributed by atoms with Crippen LogP contribution >= 0.6 is 11.3 Å². The van der Waals surface area contributed by atoms with Gasteiger partial charge < -0.3 is 10.4 Å². The zero-order chi connectivity index (χ0) is 22.8. The van der Waals surface area contributed by atoms with E-state index in [0.717, 1.165) is 40.2 Å². The van der Waals surface area contributed by atoms with Crippen LogP contribution in [-0.4, -0.2) is 22.5 Å². The van der Waals surface area contributed by atoms with Crippen LogP contribution in [0.5, 0.6) is 5.75 Å². The highest BCUT2D eigenvalue weighted by molar-refractivity contribution is 7.12. The molecule has 2 heterocycles. The number of hydrogen-bond donors (Lipinski definition) is 2. The lowest BCUT2D eigenvalue weighted by molar-refractivity contribution is 0.0991. The van der Waals surface area contributed by atoms with E-state index in [9.17, 15) is 14.7 Å². The average molecular weight is 453 g/mol. The molecule has 0 unspecified atom stereocenters. The lowest BCUT2D eigenvalue weighted by atomic mass is 9.99. The molecule has 162 valence electrons. The predicted molar refractivity (Wildman–Crippen MR) is 131 cm³/mol. The molecule has 0 atom stereocenters. The van der Waals surface area contributed by atoms with Crippen LogP contribution in [0.2, 0.25) is 0 Å². The third-order valence-corrected chi connectivity index (χ3v) is 6.41. The van der Waals surface area contributed by atoms with E-state index < -0.39 is 0 Å². The number of fused-ring (bicyclic) bond motifs is 1. The van der Waals surface area contributed by atoms with Crippen molar-refractivity contribution in [2.24, 2.45) is 4.99 Å². The standard InChI is InChI=1S/C27H20N2O3S/c30-22-11-7-19(8-12-22)25(31)15-17-3-4-20-16-24(29-23(20)14-17)18-5-9-21(10-6-18)28-27(32)26-2-1-13-33-26/h1-14,30H,15-16H2,(H,28,32). The normalized spacial score (nSPS) is 12.2. The van der Waals surface area contributed by atoms with E-state index in [1.54, 1.807) is 18.2 Å². The molecule has 5 nitrogen and oxygen atoms in total. The number of aromatic hydroxyl groups is 1. The third-order valence-electron chi connectivity index (χ3n) is 5.54. The van der Waals surface area contributed by atoms with Crippen LogP contribution in [0.4, 0.5) is 11.4 Å². The Bertz CT molecular complexity index is 1360. The molecule has 1 aromatic heterocycles. The van der Waals surface area contributed by atoms with Crippen molar-refractivity contribution in [1.82, 2.24) is 0 Å². The van der Waals surface area contributed by atoms with E-state index in [4.69, 9.17) is 4.99 Å². The van der Waals surface area contributed by atoms with Gasteiger partial charge in [-0.3, -0.25) is 14.6 Å². The Labute approximate surface area is 195 Å². The van der Waals surface area contributed by atoms with Gasteiger partial charge in [-0.05, 0) is 70.6 Å². The Morgan fingerprint density at radius 3 is 2.48 bits per heavy atom. The fourth-order valence-corrected chi connectivity index (χ4v) is 4.41. The summed E-state index contributed by atoms with van der Waals surface area (Å²) in [6.45, 7) is 0. The number of benzene rings is 3. The minimum atomic E-state index is -0.113. The summed E-state index contributed by atoms with van der Waals surface area (Å²) in [6.07, 6.45) is 1.00. The second-order valence-corrected chi connectivity index (χ2v) is 8.80.